The van der Waals surface area contributed by atoms with Crippen molar-refractivity contribution in [1.82, 2.24) is 20.0 Å². The van der Waals surface area contributed by atoms with E-state index in [0.717, 1.165) is 6.29 Å². The first-order valence-corrected chi connectivity index (χ1v) is 9.56. The van der Waals surface area contributed by atoms with Crippen molar-refractivity contribution in [1.29, 1.82) is 0 Å². The number of aldehydes is 1. The second kappa shape index (κ2) is 8.25. The predicted octanol–water partition coefficient (Wildman–Crippen LogP) is 2.91. The van der Waals surface area contributed by atoms with E-state index in [1.165, 1.54) is 27.8 Å². The molecule has 1 aromatic heterocycles. The molecule has 154 valence electrons. The molecule has 0 spiro atoms. The minimum absolute atomic E-state index is 0.0561. The molecule has 1 aliphatic heterocycles. The quantitative estimate of drug-likeness (QED) is 0.632. The maximum absolute atomic E-state index is 13.7. The molecule has 1 atom stereocenters. The number of ether oxygens (including phenoxy) is 1. The molecule has 4 rings (SSSR count). The lowest BCUT2D eigenvalue weighted by Crippen LogP contribution is -2.30. The van der Waals surface area contributed by atoms with Gasteiger partial charge in [0, 0.05) is 12.1 Å². The van der Waals surface area contributed by atoms with Gasteiger partial charge in [-0.15, -0.1) is 0 Å². The molecule has 7 nitrogen and oxygen atoms in total. The number of aromatic nitrogens is 2. The first-order valence-electron chi connectivity index (χ1n) is 9.18. The molecule has 1 unspecified atom stereocenters. The fourth-order valence-corrected chi connectivity index (χ4v) is 3.52. The SMILES string of the molecule is COc1ccccc1-c1cc(C(=O)N2CNC(C=O)C2)nn1-c1ccc(F)c(Cl)c1. The van der Waals surface area contributed by atoms with Gasteiger partial charge in [0.15, 0.2) is 5.69 Å². The fraction of sp³-hybridized carbons (Fsp3) is 0.190. The third kappa shape index (κ3) is 3.67. The monoisotopic (exact) mass is 428 g/mol. The van der Waals surface area contributed by atoms with Crippen LogP contribution in [0.4, 0.5) is 4.39 Å². The van der Waals surface area contributed by atoms with E-state index in [1.807, 2.05) is 18.2 Å². The topological polar surface area (TPSA) is 76.5 Å². The second-order valence-corrected chi connectivity index (χ2v) is 7.16. The lowest BCUT2D eigenvalue weighted by atomic mass is 10.1. The van der Waals surface area contributed by atoms with Crippen molar-refractivity contribution in [2.45, 2.75) is 6.04 Å². The van der Waals surface area contributed by atoms with Crippen molar-refractivity contribution in [3.8, 4) is 22.7 Å². The van der Waals surface area contributed by atoms with Gasteiger partial charge in [-0.1, -0.05) is 23.7 Å². The summed E-state index contributed by atoms with van der Waals surface area (Å²) in [5.41, 5.74) is 1.96. The van der Waals surface area contributed by atoms with Gasteiger partial charge in [0.2, 0.25) is 0 Å². The summed E-state index contributed by atoms with van der Waals surface area (Å²) in [4.78, 5) is 25.5. The van der Waals surface area contributed by atoms with Crippen LogP contribution in [-0.4, -0.2) is 53.2 Å². The number of carbonyl (C=O) groups is 2. The normalized spacial score (nSPS) is 16.0. The highest BCUT2D eigenvalue weighted by Gasteiger charge is 2.29. The van der Waals surface area contributed by atoms with E-state index in [1.54, 1.807) is 19.2 Å². The molecule has 1 aliphatic rings. The number of para-hydroxylation sites is 1. The number of hydrogen-bond donors (Lipinski definition) is 1. The van der Waals surface area contributed by atoms with Crippen molar-refractivity contribution in [2.24, 2.45) is 0 Å². The number of benzene rings is 2. The largest absolute Gasteiger partial charge is 0.496 e. The van der Waals surface area contributed by atoms with Gasteiger partial charge in [-0.3, -0.25) is 10.1 Å². The predicted molar refractivity (Wildman–Crippen MR) is 109 cm³/mol. The third-order valence-corrected chi connectivity index (χ3v) is 5.16. The number of halogens is 2. The molecule has 2 heterocycles. The lowest BCUT2D eigenvalue weighted by Gasteiger charge is -2.12. The number of carbonyl (C=O) groups excluding carboxylic acids is 2. The Morgan fingerprint density at radius 2 is 2.10 bits per heavy atom. The Balaban J connectivity index is 1.82. The number of hydrogen-bond acceptors (Lipinski definition) is 5. The van der Waals surface area contributed by atoms with E-state index >= 15 is 0 Å². The molecule has 1 fully saturated rings. The van der Waals surface area contributed by atoms with Crippen molar-refractivity contribution in [3.63, 3.8) is 0 Å². The maximum atomic E-state index is 13.7. The van der Waals surface area contributed by atoms with Gasteiger partial charge in [0.25, 0.3) is 5.91 Å². The molecule has 0 aliphatic carbocycles. The first kappa shape index (κ1) is 20.1. The highest BCUT2D eigenvalue weighted by molar-refractivity contribution is 6.30. The van der Waals surface area contributed by atoms with Gasteiger partial charge >= 0.3 is 0 Å². The molecule has 30 heavy (non-hydrogen) atoms. The van der Waals surface area contributed by atoms with Gasteiger partial charge < -0.3 is 14.4 Å². The van der Waals surface area contributed by atoms with Crippen LogP contribution in [0.3, 0.4) is 0 Å². The van der Waals surface area contributed by atoms with Crippen LogP contribution in [0.1, 0.15) is 10.5 Å². The zero-order valence-electron chi connectivity index (χ0n) is 16.0. The standard InChI is InChI=1S/C21H18ClFN4O3/c1-30-20-5-3-2-4-15(20)19-9-18(21(29)26-10-13(11-28)24-12-26)25-27(19)14-6-7-17(23)16(22)8-14/h2-9,11,13,24H,10,12H2,1H3. The van der Waals surface area contributed by atoms with E-state index in [0.29, 0.717) is 22.7 Å². The Morgan fingerprint density at radius 3 is 2.80 bits per heavy atom. The zero-order chi connectivity index (χ0) is 21.3. The average Bonchev–Trinajstić information content (AvgIpc) is 3.42. The molecule has 3 aromatic rings. The molecule has 0 bridgehead atoms. The summed E-state index contributed by atoms with van der Waals surface area (Å²) < 4.78 is 20.7. The molecular formula is C21H18ClFN4O3. The Bertz CT molecular complexity index is 1120. The Morgan fingerprint density at radius 1 is 1.30 bits per heavy atom. The van der Waals surface area contributed by atoms with Crippen molar-refractivity contribution in [2.75, 3.05) is 20.3 Å². The van der Waals surface area contributed by atoms with E-state index in [9.17, 15) is 14.0 Å². The number of nitrogens with one attached hydrogen (secondary N) is 1. The molecule has 1 N–H and O–H groups in total. The number of amides is 1. The summed E-state index contributed by atoms with van der Waals surface area (Å²) in [6.07, 6.45) is 0.770. The van der Waals surface area contributed by atoms with Crippen LogP contribution in [-0.2, 0) is 4.79 Å². The second-order valence-electron chi connectivity index (χ2n) is 6.76. The van der Waals surface area contributed by atoms with Crippen molar-refractivity contribution >= 4 is 23.8 Å². The minimum Gasteiger partial charge on any atom is -0.496 e. The Hall–Kier alpha value is -3.23. The zero-order valence-corrected chi connectivity index (χ0v) is 16.8. The van der Waals surface area contributed by atoms with Crippen LogP contribution >= 0.6 is 11.6 Å². The Kier molecular flexibility index (Phi) is 5.52. The molecular weight excluding hydrogens is 411 g/mol. The smallest absolute Gasteiger partial charge is 0.275 e. The van der Waals surface area contributed by atoms with Crippen molar-refractivity contribution in [3.05, 3.63) is 65.1 Å². The van der Waals surface area contributed by atoms with Gasteiger partial charge in [-0.2, -0.15) is 5.10 Å². The first-order chi connectivity index (χ1) is 14.5. The third-order valence-electron chi connectivity index (χ3n) is 4.87. The van der Waals surface area contributed by atoms with Crippen LogP contribution in [0.15, 0.2) is 48.5 Å². The van der Waals surface area contributed by atoms with Crippen LogP contribution in [0, 0.1) is 5.82 Å². The lowest BCUT2D eigenvalue weighted by molar-refractivity contribution is -0.109. The molecule has 1 amide bonds. The fourth-order valence-electron chi connectivity index (χ4n) is 3.35. The number of methoxy groups -OCH3 is 1. The minimum atomic E-state index is -0.550. The van der Waals surface area contributed by atoms with Crippen LogP contribution < -0.4 is 10.1 Å². The summed E-state index contributed by atoms with van der Waals surface area (Å²) in [6.45, 7) is 0.517. The molecule has 1 saturated heterocycles. The van der Waals surface area contributed by atoms with Gasteiger partial charge in [0.05, 0.1) is 36.2 Å². The summed E-state index contributed by atoms with van der Waals surface area (Å²) in [6, 6.07) is 12.8. The van der Waals surface area contributed by atoms with Gasteiger partial charge in [-0.25, -0.2) is 9.07 Å². The Labute approximate surface area is 177 Å². The highest BCUT2D eigenvalue weighted by Crippen LogP contribution is 2.33. The molecule has 0 radical (unpaired) electrons. The highest BCUT2D eigenvalue weighted by atomic mass is 35.5. The van der Waals surface area contributed by atoms with Crippen LogP contribution in [0.25, 0.3) is 16.9 Å². The number of nitrogens with zero attached hydrogens (tertiary/aromatic N) is 3. The number of rotatable bonds is 5. The van der Waals surface area contributed by atoms with Crippen LogP contribution in [0.5, 0.6) is 5.75 Å². The van der Waals surface area contributed by atoms with Gasteiger partial charge in [-0.05, 0) is 36.4 Å². The van der Waals surface area contributed by atoms with E-state index in [4.69, 9.17) is 16.3 Å². The summed E-state index contributed by atoms with van der Waals surface area (Å²) in [7, 11) is 1.55. The summed E-state index contributed by atoms with van der Waals surface area (Å²) in [5, 5.41) is 7.36. The maximum Gasteiger partial charge on any atom is 0.275 e. The summed E-state index contributed by atoms with van der Waals surface area (Å²) >= 11 is 5.97. The molecule has 2 aromatic carbocycles. The van der Waals surface area contributed by atoms with Crippen LogP contribution in [0.2, 0.25) is 5.02 Å². The van der Waals surface area contributed by atoms with E-state index in [2.05, 4.69) is 10.4 Å². The van der Waals surface area contributed by atoms with E-state index in [-0.39, 0.29) is 29.8 Å². The average molecular weight is 429 g/mol. The van der Waals surface area contributed by atoms with Crippen molar-refractivity contribution < 1.29 is 18.7 Å². The van der Waals surface area contributed by atoms with Gasteiger partial charge in [0.1, 0.15) is 17.9 Å². The summed E-state index contributed by atoms with van der Waals surface area (Å²) in [5.74, 6) is -0.282. The van der Waals surface area contributed by atoms with E-state index < -0.39 is 11.9 Å². The molecule has 9 heteroatoms. The molecule has 0 saturated carbocycles.